The highest BCUT2D eigenvalue weighted by molar-refractivity contribution is 8.26. The van der Waals surface area contributed by atoms with Gasteiger partial charge in [-0.25, -0.2) is 0 Å². The maximum absolute atomic E-state index is 12.7. The fourth-order valence-electron chi connectivity index (χ4n) is 2.90. The molecule has 0 aromatic heterocycles. The van der Waals surface area contributed by atoms with Crippen molar-refractivity contribution in [2.24, 2.45) is 0 Å². The van der Waals surface area contributed by atoms with Crippen molar-refractivity contribution in [3.63, 3.8) is 0 Å². The predicted octanol–water partition coefficient (Wildman–Crippen LogP) is 4.35. The summed E-state index contributed by atoms with van der Waals surface area (Å²) in [6.45, 7) is 0.644. The zero-order valence-electron chi connectivity index (χ0n) is 15.3. The molecule has 2 heterocycles. The summed E-state index contributed by atoms with van der Waals surface area (Å²) in [7, 11) is 0. The Bertz CT molecular complexity index is 1090. The summed E-state index contributed by atoms with van der Waals surface area (Å²) in [5.74, 6) is 0.735. The summed E-state index contributed by atoms with van der Waals surface area (Å²) >= 11 is 18.6. The van der Waals surface area contributed by atoms with E-state index in [-0.39, 0.29) is 42.3 Å². The van der Waals surface area contributed by atoms with Gasteiger partial charge in [-0.2, -0.15) is 0 Å². The molecule has 2 amide bonds. The minimum atomic E-state index is -0.371. The molecule has 0 atom stereocenters. The van der Waals surface area contributed by atoms with Crippen LogP contribution in [0, 0.1) is 0 Å². The SMILES string of the molecule is O=C(NCCN1C(=O)/C(=C/c2ccc3c(c2)OCO3)SC1=S)c1cccc(Cl)c1Cl. The van der Waals surface area contributed by atoms with Gasteiger partial charge in [0.1, 0.15) is 4.32 Å². The van der Waals surface area contributed by atoms with Crippen LogP contribution in [0.5, 0.6) is 11.5 Å². The Balaban J connectivity index is 1.38. The topological polar surface area (TPSA) is 67.9 Å². The van der Waals surface area contributed by atoms with Gasteiger partial charge in [-0.15, -0.1) is 0 Å². The number of thioether (sulfide) groups is 1. The van der Waals surface area contributed by atoms with Crippen molar-refractivity contribution in [1.29, 1.82) is 0 Å². The molecule has 154 valence electrons. The summed E-state index contributed by atoms with van der Waals surface area (Å²) in [6, 6.07) is 10.3. The number of hydrogen-bond acceptors (Lipinski definition) is 6. The van der Waals surface area contributed by atoms with E-state index in [1.807, 2.05) is 12.1 Å². The minimum absolute atomic E-state index is 0.188. The number of nitrogens with zero attached hydrogens (tertiary/aromatic N) is 1. The Morgan fingerprint density at radius 3 is 2.87 bits per heavy atom. The standard InChI is InChI=1S/C20H14Cl2N2O4S2/c21-13-3-1-2-12(17(13)22)18(25)23-6-7-24-19(26)16(30-20(24)29)9-11-4-5-14-15(8-11)28-10-27-14/h1-5,8-9H,6-7,10H2,(H,23,25)/b16-9-. The number of nitrogens with one attached hydrogen (secondary N) is 1. The van der Waals surface area contributed by atoms with E-state index < -0.39 is 0 Å². The van der Waals surface area contributed by atoms with Crippen molar-refractivity contribution in [3.05, 3.63) is 62.5 Å². The third-order valence-corrected chi connectivity index (χ3v) is 6.58. The van der Waals surface area contributed by atoms with E-state index in [1.165, 1.54) is 16.7 Å². The largest absolute Gasteiger partial charge is 0.454 e. The highest BCUT2D eigenvalue weighted by Gasteiger charge is 2.32. The lowest BCUT2D eigenvalue weighted by atomic mass is 10.2. The number of ether oxygens (including phenoxy) is 2. The van der Waals surface area contributed by atoms with Crippen LogP contribution in [0.15, 0.2) is 41.3 Å². The van der Waals surface area contributed by atoms with Crippen LogP contribution >= 0.6 is 47.2 Å². The first-order valence-corrected chi connectivity index (χ1v) is 10.8. The van der Waals surface area contributed by atoms with Crippen LogP contribution in [-0.4, -0.2) is 40.9 Å². The molecular formula is C20H14Cl2N2O4S2. The number of benzene rings is 2. The van der Waals surface area contributed by atoms with Gasteiger partial charge in [-0.1, -0.05) is 59.3 Å². The van der Waals surface area contributed by atoms with Gasteiger partial charge in [0, 0.05) is 13.1 Å². The Morgan fingerprint density at radius 1 is 1.23 bits per heavy atom. The summed E-state index contributed by atoms with van der Waals surface area (Å²) in [5.41, 5.74) is 1.08. The predicted molar refractivity (Wildman–Crippen MR) is 121 cm³/mol. The van der Waals surface area contributed by atoms with Crippen molar-refractivity contribution in [2.75, 3.05) is 19.9 Å². The van der Waals surface area contributed by atoms with Crippen molar-refractivity contribution in [1.82, 2.24) is 10.2 Å². The molecular weight excluding hydrogens is 467 g/mol. The van der Waals surface area contributed by atoms with E-state index in [2.05, 4.69) is 5.32 Å². The first-order chi connectivity index (χ1) is 14.4. The molecule has 0 radical (unpaired) electrons. The molecule has 0 unspecified atom stereocenters. The number of thiocarbonyl (C=S) groups is 1. The fourth-order valence-corrected chi connectivity index (χ4v) is 4.60. The normalized spacial score (nSPS) is 16.5. The number of hydrogen-bond donors (Lipinski definition) is 1. The van der Waals surface area contributed by atoms with E-state index in [1.54, 1.807) is 30.3 Å². The van der Waals surface area contributed by atoms with Gasteiger partial charge in [-0.3, -0.25) is 14.5 Å². The molecule has 0 saturated carbocycles. The Hall–Kier alpha value is -2.26. The summed E-state index contributed by atoms with van der Waals surface area (Å²) < 4.78 is 11.1. The van der Waals surface area contributed by atoms with E-state index >= 15 is 0 Å². The molecule has 2 aromatic rings. The molecule has 0 spiro atoms. The third-order valence-electron chi connectivity index (χ3n) is 4.39. The van der Waals surface area contributed by atoms with E-state index in [0.717, 1.165) is 5.56 Å². The van der Waals surface area contributed by atoms with Gasteiger partial charge in [0.15, 0.2) is 11.5 Å². The molecule has 10 heteroatoms. The quantitative estimate of drug-likeness (QED) is 0.506. The third kappa shape index (κ3) is 4.27. The molecule has 0 bridgehead atoms. The zero-order chi connectivity index (χ0) is 21.3. The number of rotatable bonds is 5. The molecule has 0 aliphatic carbocycles. The van der Waals surface area contributed by atoms with Crippen LogP contribution in [0.2, 0.25) is 10.0 Å². The number of halogens is 2. The fraction of sp³-hybridized carbons (Fsp3) is 0.150. The molecule has 2 aromatic carbocycles. The lowest BCUT2D eigenvalue weighted by Gasteiger charge is -2.15. The lowest BCUT2D eigenvalue weighted by molar-refractivity contribution is -0.122. The average molecular weight is 481 g/mol. The van der Waals surface area contributed by atoms with Gasteiger partial charge in [-0.05, 0) is 35.9 Å². The zero-order valence-corrected chi connectivity index (χ0v) is 18.5. The summed E-state index contributed by atoms with van der Waals surface area (Å²) in [4.78, 5) is 27.0. The van der Waals surface area contributed by atoms with Gasteiger partial charge in [0.25, 0.3) is 11.8 Å². The maximum Gasteiger partial charge on any atom is 0.266 e. The molecule has 30 heavy (non-hydrogen) atoms. The van der Waals surface area contributed by atoms with Gasteiger partial charge in [0.2, 0.25) is 6.79 Å². The number of carbonyl (C=O) groups excluding carboxylic acids is 2. The van der Waals surface area contributed by atoms with Crippen LogP contribution in [0.25, 0.3) is 6.08 Å². The van der Waals surface area contributed by atoms with Crippen LogP contribution in [-0.2, 0) is 4.79 Å². The Morgan fingerprint density at radius 2 is 2.03 bits per heavy atom. The van der Waals surface area contributed by atoms with Gasteiger partial charge >= 0.3 is 0 Å². The molecule has 4 rings (SSSR count). The number of amides is 2. The second-order valence-corrected chi connectivity index (χ2v) is 8.76. The Kier molecular flexibility index (Phi) is 6.19. The van der Waals surface area contributed by atoms with Crippen molar-refractivity contribution < 1.29 is 19.1 Å². The first kappa shape index (κ1) is 21.0. The molecule has 2 aliphatic heterocycles. The van der Waals surface area contributed by atoms with Gasteiger partial charge in [0.05, 0.1) is 20.5 Å². The number of fused-ring (bicyclic) bond motifs is 1. The molecule has 2 aliphatic rings. The van der Waals surface area contributed by atoms with Crippen molar-refractivity contribution >= 4 is 69.4 Å². The Labute approximate surface area is 192 Å². The molecule has 6 nitrogen and oxygen atoms in total. The second kappa shape index (κ2) is 8.85. The monoisotopic (exact) mass is 480 g/mol. The van der Waals surface area contributed by atoms with E-state index in [0.29, 0.717) is 25.7 Å². The first-order valence-electron chi connectivity index (χ1n) is 8.81. The van der Waals surface area contributed by atoms with Crippen molar-refractivity contribution in [2.45, 2.75) is 0 Å². The van der Waals surface area contributed by atoms with Crippen LogP contribution in [0.4, 0.5) is 0 Å². The van der Waals surface area contributed by atoms with Crippen LogP contribution in [0.3, 0.4) is 0 Å². The summed E-state index contributed by atoms with van der Waals surface area (Å²) in [5, 5.41) is 3.22. The maximum atomic E-state index is 12.7. The van der Waals surface area contributed by atoms with Crippen LogP contribution in [0.1, 0.15) is 15.9 Å². The second-order valence-electron chi connectivity index (χ2n) is 6.30. The van der Waals surface area contributed by atoms with Crippen molar-refractivity contribution in [3.8, 4) is 11.5 Å². The molecule has 1 fully saturated rings. The highest BCUT2D eigenvalue weighted by Crippen LogP contribution is 2.36. The molecule has 1 saturated heterocycles. The van der Waals surface area contributed by atoms with E-state index in [9.17, 15) is 9.59 Å². The number of carbonyl (C=O) groups is 2. The minimum Gasteiger partial charge on any atom is -0.454 e. The lowest BCUT2D eigenvalue weighted by Crippen LogP contribution is -2.37. The van der Waals surface area contributed by atoms with Crippen LogP contribution < -0.4 is 14.8 Å². The summed E-state index contributed by atoms with van der Waals surface area (Å²) in [6.07, 6.45) is 1.76. The highest BCUT2D eigenvalue weighted by atomic mass is 35.5. The smallest absolute Gasteiger partial charge is 0.266 e. The van der Waals surface area contributed by atoms with E-state index in [4.69, 9.17) is 44.9 Å². The molecule has 1 N–H and O–H groups in total. The van der Waals surface area contributed by atoms with Gasteiger partial charge < -0.3 is 14.8 Å². The average Bonchev–Trinajstić information content (AvgIpc) is 3.29.